The van der Waals surface area contributed by atoms with Gasteiger partial charge in [-0.2, -0.15) is 5.10 Å². The van der Waals surface area contributed by atoms with E-state index in [2.05, 4.69) is 22.2 Å². The zero-order chi connectivity index (χ0) is 29.1. The Kier molecular flexibility index (Phi) is 7.93. The number of ether oxygens (including phenoxy) is 2. The van der Waals surface area contributed by atoms with Gasteiger partial charge >= 0.3 is 0 Å². The third kappa shape index (κ3) is 6.16. The SMILES string of the molecule is Cc1cc(C)n(Cc2ccc(C(=O)N3CCOc4c(cc(-c5cccc(Cl)c5)cc4OCc4cccnc4)C3)cc2)n1. The first kappa shape index (κ1) is 27.5. The summed E-state index contributed by atoms with van der Waals surface area (Å²) >= 11 is 6.32. The number of fused-ring (bicyclic) bond motifs is 1. The number of amides is 1. The van der Waals surface area contributed by atoms with Crippen LogP contribution in [-0.2, 0) is 19.7 Å². The van der Waals surface area contributed by atoms with Gasteiger partial charge in [0.1, 0.15) is 13.2 Å². The summed E-state index contributed by atoms with van der Waals surface area (Å²) in [5.74, 6) is 1.23. The number of rotatable bonds is 7. The van der Waals surface area contributed by atoms with Crippen LogP contribution < -0.4 is 9.47 Å². The predicted octanol–water partition coefficient (Wildman–Crippen LogP) is 6.88. The van der Waals surface area contributed by atoms with E-state index < -0.39 is 0 Å². The van der Waals surface area contributed by atoms with Crippen LogP contribution in [-0.4, -0.2) is 38.7 Å². The second-order valence-electron chi connectivity index (χ2n) is 10.5. The van der Waals surface area contributed by atoms with E-state index in [-0.39, 0.29) is 5.91 Å². The molecule has 0 spiro atoms. The number of halogens is 1. The molecule has 2 aromatic heterocycles. The first-order valence-electron chi connectivity index (χ1n) is 13.9. The van der Waals surface area contributed by atoms with Crippen molar-refractivity contribution < 1.29 is 14.3 Å². The maximum absolute atomic E-state index is 13.7. The molecule has 0 aliphatic carbocycles. The monoisotopic (exact) mass is 578 g/mol. The summed E-state index contributed by atoms with van der Waals surface area (Å²) in [5.41, 5.74) is 7.54. The van der Waals surface area contributed by atoms with Crippen LogP contribution in [0.4, 0.5) is 0 Å². The normalized spacial score (nSPS) is 12.8. The molecule has 212 valence electrons. The minimum Gasteiger partial charge on any atom is -0.487 e. The fourth-order valence-electron chi connectivity index (χ4n) is 5.19. The largest absolute Gasteiger partial charge is 0.487 e. The van der Waals surface area contributed by atoms with Crippen LogP contribution in [0.15, 0.2) is 91.3 Å². The van der Waals surface area contributed by atoms with E-state index in [9.17, 15) is 4.79 Å². The molecule has 5 aromatic rings. The standard InChI is InChI=1S/C34H31ClN4O3/c1-23-15-24(2)39(37-23)20-25-8-10-27(11-9-25)34(40)38-13-14-41-33-30(21-38)16-29(28-6-3-7-31(35)17-28)18-32(33)42-22-26-5-4-12-36-19-26/h3-12,15-19H,13-14,20-22H2,1-2H3. The molecular formula is C34H31ClN4O3. The van der Waals surface area contributed by atoms with Gasteiger partial charge in [0.25, 0.3) is 5.91 Å². The molecule has 0 unspecified atom stereocenters. The number of aromatic nitrogens is 3. The maximum atomic E-state index is 13.7. The van der Waals surface area contributed by atoms with Gasteiger partial charge < -0.3 is 14.4 Å². The molecule has 8 heteroatoms. The van der Waals surface area contributed by atoms with E-state index in [0.717, 1.165) is 39.2 Å². The summed E-state index contributed by atoms with van der Waals surface area (Å²) < 4.78 is 14.5. The molecule has 0 atom stereocenters. The molecule has 0 fully saturated rings. The molecule has 0 N–H and O–H groups in total. The fourth-order valence-corrected chi connectivity index (χ4v) is 5.38. The first-order valence-corrected chi connectivity index (χ1v) is 14.3. The lowest BCUT2D eigenvalue weighted by atomic mass is 10.0. The summed E-state index contributed by atoms with van der Waals surface area (Å²) in [6.07, 6.45) is 3.52. The van der Waals surface area contributed by atoms with E-state index >= 15 is 0 Å². The molecule has 1 amide bonds. The van der Waals surface area contributed by atoms with Crippen LogP contribution in [0, 0.1) is 13.8 Å². The maximum Gasteiger partial charge on any atom is 0.254 e. The van der Waals surface area contributed by atoms with Crippen molar-refractivity contribution in [3.8, 4) is 22.6 Å². The van der Waals surface area contributed by atoms with Crippen molar-refractivity contribution in [1.29, 1.82) is 0 Å². The van der Waals surface area contributed by atoms with Gasteiger partial charge in [0.15, 0.2) is 11.5 Å². The molecule has 0 saturated carbocycles. The van der Waals surface area contributed by atoms with E-state index in [4.69, 9.17) is 21.1 Å². The first-order chi connectivity index (χ1) is 20.4. The molecule has 0 radical (unpaired) electrons. The van der Waals surface area contributed by atoms with Crippen LogP contribution in [0.25, 0.3) is 11.1 Å². The number of benzene rings is 3. The number of hydrogen-bond donors (Lipinski definition) is 0. The van der Waals surface area contributed by atoms with Gasteiger partial charge in [-0.3, -0.25) is 14.5 Å². The highest BCUT2D eigenvalue weighted by atomic mass is 35.5. The topological polar surface area (TPSA) is 69.5 Å². The van der Waals surface area contributed by atoms with Gasteiger partial charge in [-0.25, -0.2) is 0 Å². The second-order valence-corrected chi connectivity index (χ2v) is 10.9. The van der Waals surface area contributed by atoms with Crippen LogP contribution in [0.3, 0.4) is 0 Å². The van der Waals surface area contributed by atoms with Crippen LogP contribution in [0.5, 0.6) is 11.5 Å². The Bertz CT molecular complexity index is 1720. The molecule has 0 bridgehead atoms. The Balaban J connectivity index is 1.26. The number of pyridine rings is 1. The highest BCUT2D eigenvalue weighted by Gasteiger charge is 2.25. The van der Waals surface area contributed by atoms with Gasteiger partial charge in [0.05, 0.1) is 18.8 Å². The summed E-state index contributed by atoms with van der Waals surface area (Å²) in [6, 6.07) is 25.4. The van der Waals surface area contributed by atoms with Crippen molar-refractivity contribution in [2.75, 3.05) is 13.2 Å². The lowest BCUT2D eigenvalue weighted by Crippen LogP contribution is -2.32. The van der Waals surface area contributed by atoms with Gasteiger partial charge in [-0.15, -0.1) is 0 Å². The third-order valence-electron chi connectivity index (χ3n) is 7.30. The average Bonchev–Trinajstić information content (AvgIpc) is 3.17. The number of nitrogens with zero attached hydrogens (tertiary/aromatic N) is 4. The van der Waals surface area contributed by atoms with E-state index in [1.54, 1.807) is 12.4 Å². The average molecular weight is 579 g/mol. The molecule has 1 aliphatic rings. The molecule has 3 aromatic carbocycles. The van der Waals surface area contributed by atoms with Crippen molar-refractivity contribution in [2.24, 2.45) is 0 Å². The Labute approximate surface area is 250 Å². The Morgan fingerprint density at radius 3 is 2.57 bits per heavy atom. The molecule has 42 heavy (non-hydrogen) atoms. The number of hydrogen-bond acceptors (Lipinski definition) is 5. The van der Waals surface area contributed by atoms with Crippen molar-refractivity contribution in [3.05, 3.63) is 130 Å². The molecule has 3 heterocycles. The van der Waals surface area contributed by atoms with Gasteiger partial charge in [0, 0.05) is 46.3 Å². The molecular weight excluding hydrogens is 548 g/mol. The molecule has 0 saturated heterocycles. The molecule has 7 nitrogen and oxygen atoms in total. The van der Waals surface area contributed by atoms with Crippen LogP contribution in [0.2, 0.25) is 5.02 Å². The second kappa shape index (κ2) is 12.1. The van der Waals surface area contributed by atoms with E-state index in [0.29, 0.717) is 54.9 Å². The van der Waals surface area contributed by atoms with Crippen LogP contribution in [0.1, 0.15) is 38.4 Å². The minimum absolute atomic E-state index is 0.0462. The van der Waals surface area contributed by atoms with Crippen molar-refractivity contribution >= 4 is 17.5 Å². The third-order valence-corrected chi connectivity index (χ3v) is 7.53. The van der Waals surface area contributed by atoms with Crippen molar-refractivity contribution in [2.45, 2.75) is 33.5 Å². The summed E-state index contributed by atoms with van der Waals surface area (Å²) in [5, 5.41) is 5.19. The zero-order valence-corrected chi connectivity index (χ0v) is 24.3. The highest BCUT2D eigenvalue weighted by Crippen LogP contribution is 2.39. The number of carbonyl (C=O) groups excluding carboxylic acids is 1. The summed E-state index contributed by atoms with van der Waals surface area (Å²) in [4.78, 5) is 19.7. The quantitative estimate of drug-likeness (QED) is 0.211. The lowest BCUT2D eigenvalue weighted by molar-refractivity contribution is 0.0733. The number of carbonyl (C=O) groups is 1. The minimum atomic E-state index is -0.0462. The Morgan fingerprint density at radius 2 is 1.83 bits per heavy atom. The van der Waals surface area contributed by atoms with Gasteiger partial charge in [0.2, 0.25) is 0 Å². The highest BCUT2D eigenvalue weighted by molar-refractivity contribution is 6.30. The smallest absolute Gasteiger partial charge is 0.254 e. The lowest BCUT2D eigenvalue weighted by Gasteiger charge is -2.21. The Morgan fingerprint density at radius 1 is 0.976 bits per heavy atom. The van der Waals surface area contributed by atoms with Crippen LogP contribution >= 0.6 is 11.6 Å². The van der Waals surface area contributed by atoms with Gasteiger partial charge in [-0.1, -0.05) is 41.9 Å². The van der Waals surface area contributed by atoms with Gasteiger partial charge in [-0.05, 0) is 79.1 Å². The Hall–Kier alpha value is -4.62. The van der Waals surface area contributed by atoms with E-state index in [1.165, 1.54) is 0 Å². The summed E-state index contributed by atoms with van der Waals surface area (Å²) in [7, 11) is 0. The predicted molar refractivity (Wildman–Crippen MR) is 163 cm³/mol. The van der Waals surface area contributed by atoms with Crippen molar-refractivity contribution in [3.63, 3.8) is 0 Å². The summed E-state index contributed by atoms with van der Waals surface area (Å²) in [6.45, 7) is 6.23. The van der Waals surface area contributed by atoms with Crippen molar-refractivity contribution in [1.82, 2.24) is 19.7 Å². The number of aryl methyl sites for hydroxylation is 2. The van der Waals surface area contributed by atoms with E-state index in [1.807, 2.05) is 90.2 Å². The molecule has 1 aliphatic heterocycles. The molecule has 6 rings (SSSR count). The zero-order valence-electron chi connectivity index (χ0n) is 23.6. The fraction of sp³-hybridized carbons (Fsp3) is 0.206.